The van der Waals surface area contributed by atoms with Crippen molar-refractivity contribution < 1.29 is 14.4 Å². The van der Waals surface area contributed by atoms with Crippen LogP contribution >= 0.6 is 0 Å². The Morgan fingerprint density at radius 3 is 2.71 bits per heavy atom. The van der Waals surface area contributed by atoms with Crippen LogP contribution in [0.2, 0.25) is 0 Å². The number of aromatic amines is 1. The Bertz CT molecular complexity index is 1170. The third-order valence-electron chi connectivity index (χ3n) is 6.49. The molecule has 1 aliphatic heterocycles. The minimum absolute atomic E-state index is 0.0890. The second-order valence-electron chi connectivity index (χ2n) is 9.00. The predicted molar refractivity (Wildman–Crippen MR) is 132 cm³/mol. The highest BCUT2D eigenvalue weighted by Gasteiger charge is 2.30. The predicted octanol–water partition coefficient (Wildman–Crippen LogP) is 4.45. The molecule has 1 aromatic heterocycles. The number of H-pyrrole nitrogens is 1. The number of nitrogens with zero attached hydrogens (tertiary/aromatic N) is 1. The molecule has 2 amide bonds. The molecular formula is C27H32N4O3. The summed E-state index contributed by atoms with van der Waals surface area (Å²) in [6, 6.07) is 14.2. The monoisotopic (exact) mass is 460 g/mol. The summed E-state index contributed by atoms with van der Waals surface area (Å²) in [7, 11) is 0. The van der Waals surface area contributed by atoms with Crippen LogP contribution in [0.1, 0.15) is 63.7 Å². The van der Waals surface area contributed by atoms with Gasteiger partial charge in [0, 0.05) is 31.4 Å². The van der Waals surface area contributed by atoms with Crippen LogP contribution in [-0.4, -0.2) is 34.1 Å². The number of imidazole rings is 1. The molecule has 2 atom stereocenters. The molecule has 34 heavy (non-hydrogen) atoms. The van der Waals surface area contributed by atoms with Gasteiger partial charge in [-0.1, -0.05) is 56.2 Å². The number of amides is 2. The number of rotatable bonds is 11. The Balaban J connectivity index is 1.46. The third kappa shape index (κ3) is 5.90. The molecule has 1 fully saturated rings. The first-order valence-electron chi connectivity index (χ1n) is 12.2. The van der Waals surface area contributed by atoms with Gasteiger partial charge in [-0.15, -0.1) is 0 Å². The summed E-state index contributed by atoms with van der Waals surface area (Å²) >= 11 is 0. The van der Waals surface area contributed by atoms with Crippen molar-refractivity contribution in [3.8, 4) is 11.3 Å². The Morgan fingerprint density at radius 2 is 1.94 bits per heavy atom. The molecular weight excluding hydrogens is 428 g/mol. The van der Waals surface area contributed by atoms with Gasteiger partial charge in [0.1, 0.15) is 11.6 Å². The Hall–Kier alpha value is -3.48. The van der Waals surface area contributed by atoms with E-state index in [0.29, 0.717) is 31.6 Å². The lowest BCUT2D eigenvalue weighted by Gasteiger charge is -2.19. The topological polar surface area (TPSA) is 104 Å². The molecule has 4 rings (SSSR count). The van der Waals surface area contributed by atoms with Crippen LogP contribution < -0.4 is 10.6 Å². The number of fused-ring (bicyclic) bond motifs is 1. The highest BCUT2D eigenvalue weighted by atomic mass is 16.2. The molecule has 3 N–H and O–H groups in total. The number of benzene rings is 2. The zero-order chi connectivity index (χ0) is 23.9. The van der Waals surface area contributed by atoms with Gasteiger partial charge < -0.3 is 15.6 Å². The number of nitrogens with one attached hydrogen (secondary N) is 3. The molecule has 0 spiro atoms. The standard InChI is InChI=1S/C27H32N4O3/c1-2-22(32)10-4-3-5-11-23(31-27(34)21-15-25(33)28-16-21)26-29-17-24(30-26)20-13-12-18-8-6-7-9-19(18)14-20/h6-9,12-14,17,21,23H,2-5,10-11,15-16H2,1H3,(H,28,33)(H,29,30)(H,31,34)/t21?,23-/m0/s1. The molecule has 178 valence electrons. The number of aromatic nitrogens is 2. The van der Waals surface area contributed by atoms with Crippen molar-refractivity contribution in [2.75, 3.05) is 6.54 Å². The van der Waals surface area contributed by atoms with Gasteiger partial charge >= 0.3 is 0 Å². The van der Waals surface area contributed by atoms with E-state index in [9.17, 15) is 14.4 Å². The van der Waals surface area contributed by atoms with Crippen molar-refractivity contribution in [2.45, 2.75) is 57.9 Å². The average molecular weight is 461 g/mol. The highest BCUT2D eigenvalue weighted by molar-refractivity contribution is 5.89. The number of hydrogen-bond donors (Lipinski definition) is 3. The first-order chi connectivity index (χ1) is 16.5. The van der Waals surface area contributed by atoms with E-state index in [1.54, 1.807) is 6.20 Å². The fourth-order valence-corrected chi connectivity index (χ4v) is 4.40. The van der Waals surface area contributed by atoms with Gasteiger partial charge in [-0.3, -0.25) is 14.4 Å². The second kappa shape index (κ2) is 11.1. The molecule has 1 saturated heterocycles. The van der Waals surface area contributed by atoms with Gasteiger partial charge in [-0.2, -0.15) is 0 Å². The number of hydrogen-bond acceptors (Lipinski definition) is 4. The summed E-state index contributed by atoms with van der Waals surface area (Å²) in [4.78, 5) is 43.9. The van der Waals surface area contributed by atoms with Crippen molar-refractivity contribution in [2.24, 2.45) is 5.92 Å². The van der Waals surface area contributed by atoms with E-state index in [-0.39, 0.29) is 36.0 Å². The number of carbonyl (C=O) groups excluding carboxylic acids is 3. The number of ketones is 1. The molecule has 2 heterocycles. The van der Waals surface area contributed by atoms with Gasteiger partial charge in [-0.25, -0.2) is 4.98 Å². The molecule has 0 saturated carbocycles. The normalized spacial score (nSPS) is 16.4. The van der Waals surface area contributed by atoms with Crippen LogP contribution in [0.15, 0.2) is 48.7 Å². The Labute approximate surface area is 199 Å². The quantitative estimate of drug-likeness (QED) is 0.368. The van der Waals surface area contributed by atoms with E-state index in [0.717, 1.165) is 35.9 Å². The molecule has 2 aromatic carbocycles. The summed E-state index contributed by atoms with van der Waals surface area (Å²) in [5.74, 6) is 0.418. The lowest BCUT2D eigenvalue weighted by Crippen LogP contribution is -2.35. The van der Waals surface area contributed by atoms with Crippen LogP contribution in [0.4, 0.5) is 0 Å². The SMILES string of the molecule is CCC(=O)CCCCC[C@H](NC(=O)C1CNC(=O)C1)c1ncc(-c2ccc3ccccc3c2)[nH]1. The van der Waals surface area contributed by atoms with E-state index in [4.69, 9.17) is 0 Å². The first-order valence-corrected chi connectivity index (χ1v) is 12.2. The summed E-state index contributed by atoms with van der Waals surface area (Å²) in [6.07, 6.45) is 6.57. The minimum atomic E-state index is -0.355. The summed E-state index contributed by atoms with van der Waals surface area (Å²) in [6.45, 7) is 2.26. The van der Waals surface area contributed by atoms with Gasteiger partial charge in [0.05, 0.1) is 23.9 Å². The minimum Gasteiger partial charge on any atom is -0.355 e. The van der Waals surface area contributed by atoms with Crippen LogP contribution in [0, 0.1) is 5.92 Å². The van der Waals surface area contributed by atoms with Gasteiger partial charge in [-0.05, 0) is 29.7 Å². The Morgan fingerprint density at radius 1 is 1.12 bits per heavy atom. The molecule has 1 aliphatic rings. The van der Waals surface area contributed by atoms with Crippen LogP contribution in [-0.2, 0) is 14.4 Å². The average Bonchev–Trinajstić information content (AvgIpc) is 3.52. The zero-order valence-electron chi connectivity index (χ0n) is 19.6. The van der Waals surface area contributed by atoms with E-state index in [1.165, 1.54) is 5.39 Å². The van der Waals surface area contributed by atoms with Crippen molar-refractivity contribution in [1.82, 2.24) is 20.6 Å². The van der Waals surface area contributed by atoms with Gasteiger partial charge in [0.25, 0.3) is 0 Å². The second-order valence-corrected chi connectivity index (χ2v) is 9.00. The molecule has 1 unspecified atom stereocenters. The van der Waals surface area contributed by atoms with Crippen molar-refractivity contribution in [3.05, 3.63) is 54.5 Å². The maximum atomic E-state index is 12.8. The van der Waals surface area contributed by atoms with Crippen LogP contribution in [0.25, 0.3) is 22.0 Å². The summed E-state index contributed by atoms with van der Waals surface area (Å²) < 4.78 is 0. The molecule has 7 heteroatoms. The smallest absolute Gasteiger partial charge is 0.226 e. The molecule has 0 radical (unpaired) electrons. The summed E-state index contributed by atoms with van der Waals surface area (Å²) in [5.41, 5.74) is 1.93. The number of unbranched alkanes of at least 4 members (excludes halogenated alkanes) is 2. The van der Waals surface area contributed by atoms with E-state index < -0.39 is 0 Å². The third-order valence-corrected chi connectivity index (χ3v) is 6.49. The van der Waals surface area contributed by atoms with Gasteiger partial charge in [0.15, 0.2) is 0 Å². The largest absolute Gasteiger partial charge is 0.355 e. The lowest BCUT2D eigenvalue weighted by atomic mass is 10.0. The first kappa shape index (κ1) is 23.7. The van der Waals surface area contributed by atoms with E-state index >= 15 is 0 Å². The molecule has 3 aromatic rings. The maximum absolute atomic E-state index is 12.8. The summed E-state index contributed by atoms with van der Waals surface area (Å²) in [5, 5.41) is 8.17. The molecule has 0 aliphatic carbocycles. The Kier molecular flexibility index (Phi) is 7.72. The maximum Gasteiger partial charge on any atom is 0.226 e. The van der Waals surface area contributed by atoms with Gasteiger partial charge in [0.2, 0.25) is 11.8 Å². The van der Waals surface area contributed by atoms with Crippen molar-refractivity contribution >= 4 is 28.4 Å². The van der Waals surface area contributed by atoms with Crippen molar-refractivity contribution in [1.29, 1.82) is 0 Å². The fraction of sp³-hybridized carbons (Fsp3) is 0.407. The van der Waals surface area contributed by atoms with E-state index in [2.05, 4.69) is 50.9 Å². The number of Topliss-reactive ketones (excluding diaryl/α,β-unsaturated/α-hetero) is 1. The van der Waals surface area contributed by atoms with E-state index in [1.807, 2.05) is 19.1 Å². The molecule has 7 nitrogen and oxygen atoms in total. The van der Waals surface area contributed by atoms with Crippen LogP contribution in [0.3, 0.4) is 0 Å². The van der Waals surface area contributed by atoms with Crippen molar-refractivity contribution in [3.63, 3.8) is 0 Å². The van der Waals surface area contributed by atoms with Crippen LogP contribution in [0.5, 0.6) is 0 Å². The zero-order valence-corrected chi connectivity index (χ0v) is 19.6. The highest BCUT2D eigenvalue weighted by Crippen LogP contribution is 2.26. The number of carbonyl (C=O) groups is 3. The fourth-order valence-electron chi connectivity index (χ4n) is 4.40. The molecule has 0 bridgehead atoms. The lowest BCUT2D eigenvalue weighted by molar-refractivity contribution is -0.127.